The molecule has 0 saturated carbocycles. The van der Waals surface area contributed by atoms with Gasteiger partial charge in [-0.05, 0) is 26.7 Å². The summed E-state index contributed by atoms with van der Waals surface area (Å²) in [5.41, 5.74) is 0.0511. The summed E-state index contributed by atoms with van der Waals surface area (Å²) in [6, 6.07) is 0. The van der Waals surface area contributed by atoms with E-state index in [9.17, 15) is 13.2 Å². The fraction of sp³-hybridized carbons (Fsp3) is 0.900. The van der Waals surface area contributed by atoms with Crippen molar-refractivity contribution >= 4 is 16.9 Å². The van der Waals surface area contributed by atoms with E-state index in [0.717, 1.165) is 10.9 Å². The number of hydrogen-bond acceptors (Lipinski definition) is 2. The number of thioether (sulfide) groups is 1. The molecule has 1 fully saturated rings. The molecule has 1 N–H and O–H groups in total. The van der Waals surface area contributed by atoms with Crippen LogP contribution in [-0.2, 0) is 0 Å². The van der Waals surface area contributed by atoms with E-state index in [1.54, 1.807) is 11.8 Å². The lowest BCUT2D eigenvalue weighted by molar-refractivity contribution is -0.135. The Hall–Kier alpha value is -0.390. The molecule has 0 aromatic carbocycles. The van der Waals surface area contributed by atoms with Gasteiger partial charge in [0.15, 0.2) is 5.17 Å². The molecule has 0 unspecified atom stereocenters. The second-order valence-corrected chi connectivity index (χ2v) is 5.52. The highest BCUT2D eigenvalue weighted by molar-refractivity contribution is 8.14. The van der Waals surface area contributed by atoms with Crippen LogP contribution in [0.15, 0.2) is 4.99 Å². The van der Waals surface area contributed by atoms with Crippen LogP contribution in [0.4, 0.5) is 13.2 Å². The van der Waals surface area contributed by atoms with Crippen molar-refractivity contribution in [3.63, 3.8) is 0 Å². The van der Waals surface area contributed by atoms with Gasteiger partial charge < -0.3 is 5.32 Å². The number of halogens is 3. The average molecular weight is 254 g/mol. The van der Waals surface area contributed by atoms with Crippen molar-refractivity contribution in [1.29, 1.82) is 0 Å². The van der Waals surface area contributed by atoms with Crippen LogP contribution in [0, 0.1) is 0 Å². The molecule has 6 heteroatoms. The van der Waals surface area contributed by atoms with Gasteiger partial charge in [0.05, 0.1) is 0 Å². The lowest BCUT2D eigenvalue weighted by atomic mass is 10.1. The summed E-state index contributed by atoms with van der Waals surface area (Å²) >= 11 is 1.63. The van der Waals surface area contributed by atoms with Gasteiger partial charge >= 0.3 is 6.18 Å². The number of rotatable bonds is 4. The maximum absolute atomic E-state index is 11.8. The molecule has 0 spiro atoms. The molecule has 1 heterocycles. The number of amidine groups is 1. The van der Waals surface area contributed by atoms with Crippen LogP contribution < -0.4 is 5.32 Å². The monoisotopic (exact) mass is 254 g/mol. The van der Waals surface area contributed by atoms with Crippen molar-refractivity contribution in [2.24, 2.45) is 4.99 Å². The van der Waals surface area contributed by atoms with E-state index < -0.39 is 12.6 Å². The van der Waals surface area contributed by atoms with Gasteiger partial charge in [-0.2, -0.15) is 13.2 Å². The number of unbranched alkanes of at least 4 members (excludes halogenated alkanes) is 1. The molecule has 0 radical (unpaired) electrons. The lowest BCUT2D eigenvalue weighted by Gasteiger charge is -2.15. The Morgan fingerprint density at radius 2 is 2.06 bits per heavy atom. The molecule has 2 nitrogen and oxygen atoms in total. The normalized spacial score (nSPS) is 22.4. The first-order valence-electron chi connectivity index (χ1n) is 5.31. The topological polar surface area (TPSA) is 24.4 Å². The second-order valence-electron chi connectivity index (χ2n) is 4.56. The van der Waals surface area contributed by atoms with Crippen LogP contribution in [0.3, 0.4) is 0 Å². The highest BCUT2D eigenvalue weighted by Gasteiger charge is 2.27. The summed E-state index contributed by atoms with van der Waals surface area (Å²) in [5.74, 6) is 0.953. The smallest absolute Gasteiger partial charge is 0.359 e. The van der Waals surface area contributed by atoms with Gasteiger partial charge in [0.1, 0.15) is 0 Å². The number of alkyl halides is 3. The van der Waals surface area contributed by atoms with E-state index in [-0.39, 0.29) is 12.0 Å². The summed E-state index contributed by atoms with van der Waals surface area (Å²) in [5, 5.41) is 4.09. The minimum Gasteiger partial charge on any atom is -0.359 e. The molecule has 0 atom stereocenters. The Bertz CT molecular complexity index is 261. The van der Waals surface area contributed by atoms with E-state index in [1.165, 1.54) is 0 Å². The molecular formula is C10H17F3N2S. The largest absolute Gasteiger partial charge is 0.389 e. The minimum atomic E-state index is -4.03. The van der Waals surface area contributed by atoms with Gasteiger partial charge in [0.2, 0.25) is 0 Å². The Balaban J connectivity index is 2.14. The van der Waals surface area contributed by atoms with Crippen molar-refractivity contribution in [2.45, 2.75) is 44.8 Å². The maximum atomic E-state index is 11.8. The minimum absolute atomic E-state index is 0.0511. The molecule has 0 bridgehead atoms. The quantitative estimate of drug-likeness (QED) is 0.779. The van der Waals surface area contributed by atoms with Crippen LogP contribution in [-0.4, -0.2) is 29.2 Å². The van der Waals surface area contributed by atoms with E-state index in [2.05, 4.69) is 24.2 Å². The van der Waals surface area contributed by atoms with Gasteiger partial charge in [-0.1, -0.05) is 11.8 Å². The summed E-state index contributed by atoms with van der Waals surface area (Å²) in [6.45, 7) is 4.62. The van der Waals surface area contributed by atoms with Gasteiger partial charge in [-0.25, -0.2) is 0 Å². The zero-order chi connectivity index (χ0) is 12.2. The first-order valence-corrected chi connectivity index (χ1v) is 6.29. The van der Waals surface area contributed by atoms with Gasteiger partial charge in [-0.3, -0.25) is 4.99 Å². The lowest BCUT2D eigenvalue weighted by Crippen LogP contribution is -2.36. The Morgan fingerprint density at radius 1 is 1.38 bits per heavy atom. The highest BCUT2D eigenvalue weighted by atomic mass is 32.2. The molecule has 1 rings (SSSR count). The molecular weight excluding hydrogens is 237 g/mol. The summed E-state index contributed by atoms with van der Waals surface area (Å²) in [6.07, 6.45) is -4.08. The van der Waals surface area contributed by atoms with Crippen molar-refractivity contribution in [3.8, 4) is 0 Å². The average Bonchev–Trinajstić information content (AvgIpc) is 2.43. The van der Waals surface area contributed by atoms with E-state index in [4.69, 9.17) is 0 Å². The highest BCUT2D eigenvalue weighted by Crippen LogP contribution is 2.23. The SMILES string of the molecule is CC1(C)CSC(=NCCCCC(F)(F)F)N1. The van der Waals surface area contributed by atoms with Gasteiger partial charge in [-0.15, -0.1) is 0 Å². The third-order valence-electron chi connectivity index (χ3n) is 2.14. The molecule has 1 saturated heterocycles. The van der Waals surface area contributed by atoms with Crippen LogP contribution in [0.2, 0.25) is 0 Å². The van der Waals surface area contributed by atoms with Gasteiger partial charge in [0, 0.05) is 24.3 Å². The summed E-state index contributed by atoms with van der Waals surface area (Å²) in [4.78, 5) is 4.24. The van der Waals surface area contributed by atoms with Crippen molar-refractivity contribution in [3.05, 3.63) is 0 Å². The third-order valence-corrected chi connectivity index (χ3v) is 3.51. The predicted molar refractivity (Wildman–Crippen MR) is 61.9 cm³/mol. The third kappa shape index (κ3) is 5.63. The number of hydrogen-bond donors (Lipinski definition) is 1. The van der Waals surface area contributed by atoms with Crippen LogP contribution in [0.5, 0.6) is 0 Å². The molecule has 0 aromatic heterocycles. The van der Waals surface area contributed by atoms with Crippen molar-refractivity contribution < 1.29 is 13.2 Å². The molecule has 1 aliphatic rings. The summed E-state index contributed by atoms with van der Waals surface area (Å²) < 4.78 is 35.5. The molecule has 0 amide bonds. The van der Waals surface area contributed by atoms with E-state index in [0.29, 0.717) is 13.0 Å². The Labute approximate surface area is 98.1 Å². The summed E-state index contributed by atoms with van der Waals surface area (Å²) in [7, 11) is 0. The fourth-order valence-electron chi connectivity index (χ4n) is 1.31. The molecule has 0 aromatic rings. The van der Waals surface area contributed by atoms with Crippen molar-refractivity contribution in [2.75, 3.05) is 12.3 Å². The molecule has 94 valence electrons. The van der Waals surface area contributed by atoms with Crippen LogP contribution >= 0.6 is 11.8 Å². The molecule has 0 aliphatic carbocycles. The number of nitrogens with one attached hydrogen (secondary N) is 1. The van der Waals surface area contributed by atoms with E-state index >= 15 is 0 Å². The predicted octanol–water partition coefficient (Wildman–Crippen LogP) is 3.19. The molecule has 1 aliphatic heterocycles. The van der Waals surface area contributed by atoms with Crippen molar-refractivity contribution in [1.82, 2.24) is 5.32 Å². The maximum Gasteiger partial charge on any atom is 0.389 e. The number of nitrogens with zero attached hydrogens (tertiary/aromatic N) is 1. The fourth-order valence-corrected chi connectivity index (χ4v) is 2.41. The number of aliphatic imine (C=N–C) groups is 1. The van der Waals surface area contributed by atoms with E-state index in [1.807, 2.05) is 0 Å². The zero-order valence-corrected chi connectivity index (χ0v) is 10.3. The molecule has 16 heavy (non-hydrogen) atoms. The van der Waals surface area contributed by atoms with Crippen LogP contribution in [0.1, 0.15) is 33.1 Å². The standard InChI is InChI=1S/C10H17F3N2S/c1-9(2)7-16-8(15-9)14-6-4-3-5-10(11,12)13/h3-7H2,1-2H3,(H,14,15). The Kier molecular flexibility index (Phi) is 4.52. The van der Waals surface area contributed by atoms with Gasteiger partial charge in [0.25, 0.3) is 0 Å². The van der Waals surface area contributed by atoms with Crippen LogP contribution in [0.25, 0.3) is 0 Å². The Morgan fingerprint density at radius 3 is 2.56 bits per heavy atom. The second kappa shape index (κ2) is 5.29. The first kappa shape index (κ1) is 13.7. The zero-order valence-electron chi connectivity index (χ0n) is 9.52. The first-order chi connectivity index (χ1) is 7.29.